The molecular weight excluding hydrogens is 377 g/mol. The van der Waals surface area contributed by atoms with Gasteiger partial charge in [-0.05, 0) is 30.3 Å². The number of benzene rings is 2. The van der Waals surface area contributed by atoms with Gasteiger partial charge in [0.2, 0.25) is 0 Å². The van der Waals surface area contributed by atoms with Crippen LogP contribution in [0.5, 0.6) is 5.75 Å². The Kier molecular flexibility index (Phi) is 6.84. The van der Waals surface area contributed by atoms with Crippen molar-refractivity contribution >= 4 is 35.0 Å². The average molecular weight is 392 g/mol. The molecule has 0 saturated carbocycles. The Morgan fingerprint density at radius 3 is 2.65 bits per heavy atom. The highest BCUT2D eigenvalue weighted by Crippen LogP contribution is 2.22. The molecule has 2 rings (SSSR count). The van der Waals surface area contributed by atoms with E-state index in [0.29, 0.717) is 21.9 Å². The molecule has 0 radical (unpaired) electrons. The van der Waals surface area contributed by atoms with Gasteiger partial charge in [0.1, 0.15) is 5.75 Å². The van der Waals surface area contributed by atoms with E-state index in [0.717, 1.165) is 0 Å². The van der Waals surface area contributed by atoms with E-state index in [-0.39, 0.29) is 29.6 Å². The molecule has 0 atom stereocenters. The van der Waals surface area contributed by atoms with E-state index >= 15 is 0 Å². The summed E-state index contributed by atoms with van der Waals surface area (Å²) in [4.78, 5) is 23.7. The Hall–Kier alpha value is -2.75. The Morgan fingerprint density at radius 2 is 1.96 bits per heavy atom. The standard InChI is InChI=1S/C18H15Cl2N3O3/c1-22-17(24)10-26-16-6-11(8-21)2-3-12(16)9-23-18(25)14-7-13(19)4-5-15(14)20/h2-7H,9-10H2,1H3,(H,22,24)(H,23,25). The Labute approximate surface area is 160 Å². The van der Waals surface area contributed by atoms with E-state index in [4.69, 9.17) is 33.2 Å². The fourth-order valence-corrected chi connectivity index (χ4v) is 2.44. The van der Waals surface area contributed by atoms with Gasteiger partial charge in [0, 0.05) is 24.2 Å². The SMILES string of the molecule is CNC(=O)COc1cc(C#N)ccc1CNC(=O)c1cc(Cl)ccc1Cl. The summed E-state index contributed by atoms with van der Waals surface area (Å²) in [6, 6.07) is 11.4. The molecule has 26 heavy (non-hydrogen) atoms. The molecule has 0 aromatic heterocycles. The van der Waals surface area contributed by atoms with Crippen LogP contribution in [-0.2, 0) is 11.3 Å². The van der Waals surface area contributed by atoms with Crippen LogP contribution in [0.1, 0.15) is 21.5 Å². The number of nitrogens with one attached hydrogen (secondary N) is 2. The molecule has 134 valence electrons. The van der Waals surface area contributed by atoms with Gasteiger partial charge in [0.25, 0.3) is 11.8 Å². The maximum Gasteiger partial charge on any atom is 0.257 e. The number of rotatable bonds is 6. The van der Waals surface area contributed by atoms with Crippen molar-refractivity contribution in [3.05, 3.63) is 63.1 Å². The topological polar surface area (TPSA) is 91.2 Å². The van der Waals surface area contributed by atoms with Gasteiger partial charge in [0.05, 0.1) is 22.2 Å². The summed E-state index contributed by atoms with van der Waals surface area (Å²) >= 11 is 11.9. The van der Waals surface area contributed by atoms with Crippen molar-refractivity contribution in [1.82, 2.24) is 10.6 Å². The molecule has 2 N–H and O–H groups in total. The van der Waals surface area contributed by atoms with E-state index < -0.39 is 5.91 Å². The number of hydrogen-bond acceptors (Lipinski definition) is 4. The van der Waals surface area contributed by atoms with Crippen LogP contribution in [-0.4, -0.2) is 25.5 Å². The van der Waals surface area contributed by atoms with Crippen molar-refractivity contribution in [2.75, 3.05) is 13.7 Å². The zero-order valence-electron chi connectivity index (χ0n) is 13.8. The molecule has 2 aromatic rings. The molecule has 0 fully saturated rings. The van der Waals surface area contributed by atoms with Crippen molar-refractivity contribution in [3.8, 4) is 11.8 Å². The van der Waals surface area contributed by atoms with E-state index in [1.807, 2.05) is 6.07 Å². The summed E-state index contributed by atoms with van der Waals surface area (Å²) in [5, 5.41) is 14.9. The van der Waals surface area contributed by atoms with E-state index in [1.54, 1.807) is 24.3 Å². The summed E-state index contributed by atoms with van der Waals surface area (Å²) in [6.07, 6.45) is 0. The van der Waals surface area contributed by atoms with Crippen LogP contribution in [0, 0.1) is 11.3 Å². The fourth-order valence-electron chi connectivity index (χ4n) is 2.06. The van der Waals surface area contributed by atoms with E-state index in [1.165, 1.54) is 19.2 Å². The van der Waals surface area contributed by atoms with Gasteiger partial charge in [0.15, 0.2) is 6.61 Å². The summed E-state index contributed by atoms with van der Waals surface area (Å²) in [6.45, 7) is -0.0804. The number of likely N-dealkylation sites (N-methyl/N-ethyl adjacent to an activating group) is 1. The summed E-state index contributed by atoms with van der Waals surface area (Å²) in [7, 11) is 1.49. The molecule has 0 unspecified atom stereocenters. The van der Waals surface area contributed by atoms with E-state index in [9.17, 15) is 9.59 Å². The molecule has 6 nitrogen and oxygen atoms in total. The first-order valence-corrected chi connectivity index (χ1v) is 8.30. The Bertz CT molecular complexity index is 878. The smallest absolute Gasteiger partial charge is 0.257 e. The number of carbonyl (C=O) groups excluding carboxylic acids is 2. The van der Waals surface area contributed by atoms with Crippen LogP contribution in [0.4, 0.5) is 0 Å². The third-order valence-corrected chi connectivity index (χ3v) is 4.01. The predicted octanol–water partition coefficient (Wildman–Crippen LogP) is 2.92. The molecule has 0 spiro atoms. The highest BCUT2D eigenvalue weighted by Gasteiger charge is 2.13. The van der Waals surface area contributed by atoms with Gasteiger partial charge in [-0.3, -0.25) is 9.59 Å². The van der Waals surface area contributed by atoms with Gasteiger partial charge >= 0.3 is 0 Å². The molecule has 2 aromatic carbocycles. The average Bonchev–Trinajstić information content (AvgIpc) is 2.66. The minimum absolute atomic E-state index is 0.121. The molecule has 8 heteroatoms. The molecule has 0 heterocycles. The van der Waals surface area contributed by atoms with Crippen LogP contribution in [0.2, 0.25) is 10.0 Å². The first-order chi connectivity index (χ1) is 12.4. The second-order valence-corrected chi connectivity index (χ2v) is 6.05. The summed E-state index contributed by atoms with van der Waals surface area (Å²) < 4.78 is 5.45. The second kappa shape index (κ2) is 9.09. The number of nitrogens with zero attached hydrogens (tertiary/aromatic N) is 1. The van der Waals surface area contributed by atoms with Gasteiger partial charge in [-0.2, -0.15) is 5.26 Å². The van der Waals surface area contributed by atoms with Gasteiger partial charge < -0.3 is 15.4 Å². The minimum atomic E-state index is -0.404. The number of halogens is 2. The first-order valence-electron chi connectivity index (χ1n) is 7.54. The number of carbonyl (C=O) groups is 2. The number of nitriles is 1. The lowest BCUT2D eigenvalue weighted by Crippen LogP contribution is -2.26. The largest absolute Gasteiger partial charge is 0.483 e. The van der Waals surface area contributed by atoms with Crippen LogP contribution in [0.25, 0.3) is 0 Å². The first kappa shape index (κ1) is 19.6. The molecule has 2 amide bonds. The van der Waals surface area contributed by atoms with Gasteiger partial charge in [-0.25, -0.2) is 0 Å². The maximum atomic E-state index is 12.3. The zero-order chi connectivity index (χ0) is 19.1. The molecule has 0 bridgehead atoms. The predicted molar refractivity (Wildman–Crippen MR) is 98.4 cm³/mol. The van der Waals surface area contributed by atoms with Crippen molar-refractivity contribution < 1.29 is 14.3 Å². The van der Waals surface area contributed by atoms with Crippen molar-refractivity contribution in [2.24, 2.45) is 0 Å². The van der Waals surface area contributed by atoms with Crippen LogP contribution in [0.3, 0.4) is 0 Å². The third kappa shape index (κ3) is 5.12. The molecule has 0 aliphatic carbocycles. The van der Waals surface area contributed by atoms with Crippen molar-refractivity contribution in [2.45, 2.75) is 6.54 Å². The van der Waals surface area contributed by atoms with E-state index in [2.05, 4.69) is 10.6 Å². The zero-order valence-corrected chi connectivity index (χ0v) is 15.3. The Balaban J connectivity index is 2.15. The normalized spacial score (nSPS) is 9.92. The second-order valence-electron chi connectivity index (χ2n) is 5.20. The lowest BCUT2D eigenvalue weighted by molar-refractivity contribution is -0.122. The number of amides is 2. The highest BCUT2D eigenvalue weighted by molar-refractivity contribution is 6.35. The molecule has 0 saturated heterocycles. The van der Waals surface area contributed by atoms with Crippen molar-refractivity contribution in [3.63, 3.8) is 0 Å². The summed E-state index contributed by atoms with van der Waals surface area (Å²) in [5.41, 5.74) is 1.24. The lowest BCUT2D eigenvalue weighted by atomic mass is 10.1. The lowest BCUT2D eigenvalue weighted by Gasteiger charge is -2.13. The fraction of sp³-hybridized carbons (Fsp3) is 0.167. The number of ether oxygens (including phenoxy) is 1. The quantitative estimate of drug-likeness (QED) is 0.791. The third-order valence-electron chi connectivity index (χ3n) is 3.45. The molecule has 0 aliphatic rings. The van der Waals surface area contributed by atoms with Gasteiger partial charge in [-0.1, -0.05) is 29.3 Å². The molecular formula is C18H15Cl2N3O3. The number of hydrogen-bond donors (Lipinski definition) is 2. The summed E-state index contributed by atoms with van der Waals surface area (Å²) in [5.74, 6) is -0.377. The monoisotopic (exact) mass is 391 g/mol. The van der Waals surface area contributed by atoms with Gasteiger partial charge in [-0.15, -0.1) is 0 Å². The highest BCUT2D eigenvalue weighted by atomic mass is 35.5. The van der Waals surface area contributed by atoms with Crippen LogP contribution in [0.15, 0.2) is 36.4 Å². The van der Waals surface area contributed by atoms with Crippen LogP contribution >= 0.6 is 23.2 Å². The molecule has 0 aliphatic heterocycles. The maximum absolute atomic E-state index is 12.3. The minimum Gasteiger partial charge on any atom is -0.483 e. The van der Waals surface area contributed by atoms with Crippen LogP contribution < -0.4 is 15.4 Å². The van der Waals surface area contributed by atoms with Crippen molar-refractivity contribution in [1.29, 1.82) is 5.26 Å². The Morgan fingerprint density at radius 1 is 1.19 bits per heavy atom.